The van der Waals surface area contributed by atoms with E-state index in [0.717, 1.165) is 37.2 Å². The maximum absolute atomic E-state index is 4.55. The molecule has 142 valence electrons. The Bertz CT molecular complexity index is 787. The highest BCUT2D eigenvalue weighted by Gasteiger charge is 2.42. The van der Waals surface area contributed by atoms with Crippen LogP contribution in [0, 0.1) is 6.92 Å². The van der Waals surface area contributed by atoms with E-state index in [0.29, 0.717) is 5.41 Å². The summed E-state index contributed by atoms with van der Waals surface area (Å²) in [5.74, 6) is 1.03. The summed E-state index contributed by atoms with van der Waals surface area (Å²) < 4.78 is 0. The van der Waals surface area contributed by atoms with E-state index in [1.54, 1.807) is 5.56 Å². The van der Waals surface area contributed by atoms with Crippen LogP contribution in [0.5, 0.6) is 0 Å². The summed E-state index contributed by atoms with van der Waals surface area (Å²) in [7, 11) is 0. The lowest BCUT2D eigenvalue weighted by Crippen LogP contribution is -2.51. The van der Waals surface area contributed by atoms with Crippen LogP contribution < -0.4 is 10.2 Å². The highest BCUT2D eigenvalue weighted by atomic mass is 15.2. The van der Waals surface area contributed by atoms with Crippen molar-refractivity contribution < 1.29 is 0 Å². The molecule has 2 aromatic rings. The molecule has 1 aromatic heterocycles. The van der Waals surface area contributed by atoms with E-state index in [1.165, 1.54) is 44.5 Å². The van der Waals surface area contributed by atoms with Crippen molar-refractivity contribution >= 4 is 11.5 Å². The first-order chi connectivity index (χ1) is 13.2. The lowest BCUT2D eigenvalue weighted by Gasteiger charge is -2.45. The number of rotatable bonds is 2. The van der Waals surface area contributed by atoms with Gasteiger partial charge in [-0.3, -0.25) is 4.98 Å². The van der Waals surface area contributed by atoms with Crippen LogP contribution in [-0.4, -0.2) is 53.6 Å². The molecule has 3 aliphatic rings. The van der Waals surface area contributed by atoms with Gasteiger partial charge in [0.25, 0.3) is 0 Å². The fourth-order valence-corrected chi connectivity index (χ4v) is 5.23. The topological polar surface area (TPSA) is 44.3 Å². The molecular weight excluding hydrogens is 334 g/mol. The van der Waals surface area contributed by atoms with Crippen molar-refractivity contribution in [2.24, 2.45) is 0 Å². The number of nitrogens with one attached hydrogen (secondary N) is 1. The number of likely N-dealkylation sites (tertiary alicyclic amines) is 1. The minimum atomic E-state index is 0.366. The maximum Gasteiger partial charge on any atom is 0.147 e. The molecule has 2 fully saturated rings. The second-order valence-electron chi connectivity index (χ2n) is 8.45. The van der Waals surface area contributed by atoms with Gasteiger partial charge in [0.2, 0.25) is 0 Å². The Morgan fingerprint density at radius 1 is 1.00 bits per heavy atom. The van der Waals surface area contributed by atoms with Crippen LogP contribution in [0.1, 0.15) is 36.9 Å². The summed E-state index contributed by atoms with van der Waals surface area (Å²) in [6.45, 7) is 7.74. The molecule has 0 radical (unpaired) electrons. The van der Waals surface area contributed by atoms with E-state index in [-0.39, 0.29) is 0 Å². The molecular formula is C22H29N5. The van der Waals surface area contributed by atoms with Gasteiger partial charge in [-0.25, -0.2) is 4.98 Å². The van der Waals surface area contributed by atoms with Crippen molar-refractivity contribution in [3.63, 3.8) is 0 Å². The third-order valence-corrected chi connectivity index (χ3v) is 6.94. The zero-order chi connectivity index (χ0) is 18.3. The van der Waals surface area contributed by atoms with Crippen LogP contribution >= 0.6 is 0 Å². The third-order valence-electron chi connectivity index (χ3n) is 6.94. The molecule has 0 unspecified atom stereocenters. The fraction of sp³-hybridized carbons (Fsp3) is 0.545. The molecule has 0 atom stereocenters. The van der Waals surface area contributed by atoms with Gasteiger partial charge in [0, 0.05) is 36.8 Å². The van der Waals surface area contributed by atoms with Crippen LogP contribution in [0.2, 0.25) is 0 Å². The number of benzene rings is 1. The lowest BCUT2D eigenvalue weighted by atomic mass is 9.74. The number of nitrogens with zero attached hydrogens (tertiary/aromatic N) is 4. The molecule has 4 heterocycles. The Morgan fingerprint density at radius 2 is 1.78 bits per heavy atom. The van der Waals surface area contributed by atoms with E-state index >= 15 is 0 Å². The summed E-state index contributed by atoms with van der Waals surface area (Å²) in [6.07, 6.45) is 8.82. The second kappa shape index (κ2) is 6.79. The van der Waals surface area contributed by atoms with Crippen LogP contribution in [0.3, 0.4) is 0 Å². The van der Waals surface area contributed by atoms with Crippen molar-refractivity contribution in [2.75, 3.05) is 42.9 Å². The minimum absolute atomic E-state index is 0.366. The Balaban J connectivity index is 1.19. The molecule has 1 N–H and O–H groups in total. The molecule has 0 saturated carbocycles. The van der Waals surface area contributed by atoms with Crippen molar-refractivity contribution in [2.45, 2.75) is 44.1 Å². The first-order valence-electron chi connectivity index (χ1n) is 10.3. The molecule has 27 heavy (non-hydrogen) atoms. The molecule has 3 aliphatic heterocycles. The standard InChI is InChI=1S/C22H29N5/c1-17-14-24-21(15-23-17)27-10-6-18(7-11-27)26-12-8-22(9-13-26)16-25-20-5-3-2-4-19(20)22/h2-5,14-15,18,25H,6-13,16H2,1H3. The molecule has 5 heteroatoms. The quantitative estimate of drug-likeness (QED) is 0.888. The number of anilines is 2. The van der Waals surface area contributed by atoms with Gasteiger partial charge in [0.15, 0.2) is 0 Å². The van der Waals surface area contributed by atoms with Crippen LogP contribution in [0.25, 0.3) is 0 Å². The zero-order valence-corrected chi connectivity index (χ0v) is 16.2. The lowest BCUT2D eigenvalue weighted by molar-refractivity contribution is 0.106. The summed E-state index contributed by atoms with van der Waals surface area (Å²) in [4.78, 5) is 14.1. The molecule has 0 aliphatic carbocycles. The van der Waals surface area contributed by atoms with Gasteiger partial charge in [0.05, 0.1) is 18.1 Å². The number of fused-ring (bicyclic) bond motifs is 2. The predicted molar refractivity (Wildman–Crippen MR) is 109 cm³/mol. The summed E-state index contributed by atoms with van der Waals surface area (Å²) in [5, 5.41) is 3.64. The SMILES string of the molecule is Cc1cnc(N2CCC(N3CCC4(CC3)CNc3ccccc34)CC2)cn1. The smallest absolute Gasteiger partial charge is 0.147 e. The van der Waals surface area contributed by atoms with Gasteiger partial charge in [-0.1, -0.05) is 18.2 Å². The predicted octanol–water partition coefficient (Wildman–Crippen LogP) is 3.21. The van der Waals surface area contributed by atoms with Gasteiger partial charge < -0.3 is 15.1 Å². The number of hydrogen-bond acceptors (Lipinski definition) is 5. The molecule has 5 rings (SSSR count). The average molecular weight is 364 g/mol. The van der Waals surface area contributed by atoms with E-state index < -0.39 is 0 Å². The van der Waals surface area contributed by atoms with Crippen LogP contribution in [0.15, 0.2) is 36.7 Å². The molecule has 0 bridgehead atoms. The van der Waals surface area contributed by atoms with Crippen molar-refractivity contribution in [3.05, 3.63) is 47.9 Å². The molecule has 2 saturated heterocycles. The van der Waals surface area contributed by atoms with Gasteiger partial charge in [-0.15, -0.1) is 0 Å². The Morgan fingerprint density at radius 3 is 2.52 bits per heavy atom. The monoisotopic (exact) mass is 363 g/mol. The number of aromatic nitrogens is 2. The highest BCUT2D eigenvalue weighted by molar-refractivity contribution is 5.60. The summed E-state index contributed by atoms with van der Waals surface area (Å²) in [6, 6.07) is 9.64. The normalized spacial score (nSPS) is 22.6. The van der Waals surface area contributed by atoms with E-state index in [9.17, 15) is 0 Å². The minimum Gasteiger partial charge on any atom is -0.384 e. The molecule has 1 aromatic carbocycles. The first kappa shape index (κ1) is 17.0. The van der Waals surface area contributed by atoms with Gasteiger partial charge in [-0.05, 0) is 57.3 Å². The van der Waals surface area contributed by atoms with Crippen molar-refractivity contribution in [1.29, 1.82) is 0 Å². The van der Waals surface area contributed by atoms with Gasteiger partial charge in [-0.2, -0.15) is 0 Å². The molecule has 5 nitrogen and oxygen atoms in total. The highest BCUT2D eigenvalue weighted by Crippen LogP contribution is 2.44. The third kappa shape index (κ3) is 3.08. The Labute approximate surface area is 161 Å². The molecule has 1 spiro atoms. The Hall–Kier alpha value is -2.14. The second-order valence-corrected chi connectivity index (χ2v) is 8.45. The van der Waals surface area contributed by atoms with Crippen molar-refractivity contribution in [1.82, 2.24) is 14.9 Å². The fourth-order valence-electron chi connectivity index (χ4n) is 5.23. The molecule has 0 amide bonds. The first-order valence-corrected chi connectivity index (χ1v) is 10.3. The van der Waals surface area contributed by atoms with Gasteiger partial charge in [0.1, 0.15) is 5.82 Å². The van der Waals surface area contributed by atoms with E-state index in [1.807, 2.05) is 19.3 Å². The van der Waals surface area contributed by atoms with Gasteiger partial charge >= 0.3 is 0 Å². The van der Waals surface area contributed by atoms with Crippen LogP contribution in [0.4, 0.5) is 11.5 Å². The number of hydrogen-bond donors (Lipinski definition) is 1. The maximum atomic E-state index is 4.55. The summed E-state index contributed by atoms with van der Waals surface area (Å²) in [5.41, 5.74) is 4.26. The number of para-hydroxylation sites is 1. The van der Waals surface area contributed by atoms with E-state index in [4.69, 9.17) is 0 Å². The number of aryl methyl sites for hydroxylation is 1. The largest absolute Gasteiger partial charge is 0.384 e. The average Bonchev–Trinajstić information content (AvgIpc) is 3.08. The summed E-state index contributed by atoms with van der Waals surface area (Å²) >= 11 is 0. The number of piperidine rings is 2. The zero-order valence-electron chi connectivity index (χ0n) is 16.2. The Kier molecular flexibility index (Phi) is 4.27. The van der Waals surface area contributed by atoms with Crippen LogP contribution in [-0.2, 0) is 5.41 Å². The van der Waals surface area contributed by atoms with Crippen molar-refractivity contribution in [3.8, 4) is 0 Å². The van der Waals surface area contributed by atoms with E-state index in [2.05, 4.69) is 49.4 Å².